The van der Waals surface area contributed by atoms with Gasteiger partial charge in [-0.1, -0.05) is 79.8 Å². The molecule has 0 radical (unpaired) electrons. The lowest BCUT2D eigenvalue weighted by molar-refractivity contribution is 1.20. The number of rotatable bonds is 8. The van der Waals surface area contributed by atoms with Crippen molar-refractivity contribution in [2.45, 2.75) is 33.1 Å². The fraction of sp³-hybridized carbons (Fsp3) is 0.294. The van der Waals surface area contributed by atoms with E-state index in [1.165, 1.54) is 0 Å². The van der Waals surface area contributed by atoms with E-state index in [1.807, 2.05) is 31.2 Å². The highest BCUT2D eigenvalue weighted by atomic mass is 13.8. The summed E-state index contributed by atoms with van der Waals surface area (Å²) in [6.07, 6.45) is 28.3. The summed E-state index contributed by atoms with van der Waals surface area (Å²) >= 11 is 0. The van der Waals surface area contributed by atoms with Gasteiger partial charge in [0.05, 0.1) is 0 Å². The van der Waals surface area contributed by atoms with E-state index >= 15 is 0 Å². The van der Waals surface area contributed by atoms with E-state index in [9.17, 15) is 0 Å². The molecule has 0 atom stereocenters. The molecule has 0 heterocycles. The van der Waals surface area contributed by atoms with Gasteiger partial charge in [-0.3, -0.25) is 0 Å². The van der Waals surface area contributed by atoms with Crippen LogP contribution in [0.4, 0.5) is 0 Å². The highest BCUT2D eigenvalue weighted by Gasteiger charge is 1.70. The Kier molecular flexibility index (Phi) is 13.1. The van der Waals surface area contributed by atoms with Crippen molar-refractivity contribution in [2.75, 3.05) is 0 Å². The predicted molar refractivity (Wildman–Crippen MR) is 80.0 cm³/mol. The lowest BCUT2D eigenvalue weighted by Gasteiger charge is -1.81. The summed E-state index contributed by atoms with van der Waals surface area (Å²) in [5.41, 5.74) is 0. The fourth-order valence-electron chi connectivity index (χ4n) is 1.13. The van der Waals surface area contributed by atoms with Crippen molar-refractivity contribution < 1.29 is 0 Å². The minimum Gasteiger partial charge on any atom is -0.0885 e. The van der Waals surface area contributed by atoms with Gasteiger partial charge >= 0.3 is 0 Å². The maximum absolute atomic E-state index is 2.19. The highest BCUT2D eigenvalue weighted by Crippen LogP contribution is 1.91. The van der Waals surface area contributed by atoms with E-state index in [2.05, 4.69) is 55.5 Å². The predicted octanol–water partition coefficient (Wildman–Crippen LogP) is 5.53. The van der Waals surface area contributed by atoms with Gasteiger partial charge in [0.15, 0.2) is 0 Å². The van der Waals surface area contributed by atoms with E-state index in [0.29, 0.717) is 0 Å². The van der Waals surface area contributed by atoms with Crippen LogP contribution in [0.1, 0.15) is 33.1 Å². The Morgan fingerprint density at radius 1 is 0.588 bits per heavy atom. The zero-order chi connectivity index (χ0) is 12.6. The van der Waals surface area contributed by atoms with Crippen LogP contribution in [-0.2, 0) is 0 Å². The van der Waals surface area contributed by atoms with Crippen molar-refractivity contribution in [3.05, 3.63) is 72.9 Å². The smallest absolute Gasteiger partial charge is 0.0163 e. The molecule has 0 bridgehead atoms. The second-order valence-electron chi connectivity index (χ2n) is 3.55. The Balaban J connectivity index is 3.57. The molecular weight excluding hydrogens is 204 g/mol. The van der Waals surface area contributed by atoms with Crippen molar-refractivity contribution >= 4 is 0 Å². The summed E-state index contributed by atoms with van der Waals surface area (Å²) in [4.78, 5) is 0. The molecule has 0 saturated carbocycles. The molecule has 92 valence electrons. The molecule has 0 spiro atoms. The molecule has 0 saturated heterocycles. The molecular formula is C17H24. The Bertz CT molecular complexity index is 309. The molecule has 0 aliphatic rings. The average Bonchev–Trinajstić information content (AvgIpc) is 2.35. The monoisotopic (exact) mass is 228 g/mol. The normalized spacial score (nSPS) is 13.8. The minimum atomic E-state index is 0.981. The fourth-order valence-corrected chi connectivity index (χ4v) is 1.13. The SMILES string of the molecule is CC=CC=CC=CCC=CC=CCC=CCC. The van der Waals surface area contributed by atoms with E-state index in [-0.39, 0.29) is 0 Å². The van der Waals surface area contributed by atoms with Crippen molar-refractivity contribution in [3.8, 4) is 0 Å². The molecule has 0 aromatic rings. The first-order valence-corrected chi connectivity index (χ1v) is 6.33. The summed E-state index contributed by atoms with van der Waals surface area (Å²) in [6, 6.07) is 0. The largest absolute Gasteiger partial charge is 0.0885 e. The molecule has 0 rings (SSSR count). The molecule has 0 aromatic carbocycles. The van der Waals surface area contributed by atoms with Crippen molar-refractivity contribution in [1.29, 1.82) is 0 Å². The van der Waals surface area contributed by atoms with Crippen LogP contribution in [0.25, 0.3) is 0 Å². The van der Waals surface area contributed by atoms with Crippen LogP contribution < -0.4 is 0 Å². The molecule has 0 amide bonds. The quantitative estimate of drug-likeness (QED) is 0.378. The van der Waals surface area contributed by atoms with Crippen LogP contribution in [0, 0.1) is 0 Å². The third-order valence-corrected chi connectivity index (χ3v) is 1.99. The standard InChI is InChI=1S/C17H24/c1-3-5-7-9-11-13-15-17-16-14-12-10-8-6-4-2/h3,5-9,11-14,16-17H,4,10,15H2,1-2H3. The van der Waals surface area contributed by atoms with E-state index < -0.39 is 0 Å². The Morgan fingerprint density at radius 3 is 1.71 bits per heavy atom. The van der Waals surface area contributed by atoms with Gasteiger partial charge in [-0.2, -0.15) is 0 Å². The third-order valence-electron chi connectivity index (χ3n) is 1.99. The second-order valence-corrected chi connectivity index (χ2v) is 3.55. The first kappa shape index (κ1) is 15.4. The molecule has 0 N–H and O–H groups in total. The molecule has 0 nitrogen and oxygen atoms in total. The maximum Gasteiger partial charge on any atom is -0.0163 e. The van der Waals surface area contributed by atoms with Crippen LogP contribution in [-0.4, -0.2) is 0 Å². The van der Waals surface area contributed by atoms with Gasteiger partial charge in [-0.05, 0) is 26.2 Å². The number of hydrogen-bond acceptors (Lipinski definition) is 0. The minimum absolute atomic E-state index is 0.981. The van der Waals surface area contributed by atoms with Gasteiger partial charge in [0.25, 0.3) is 0 Å². The zero-order valence-electron chi connectivity index (χ0n) is 11.0. The summed E-state index contributed by atoms with van der Waals surface area (Å²) in [7, 11) is 0. The first-order valence-electron chi connectivity index (χ1n) is 6.33. The maximum atomic E-state index is 2.19. The highest BCUT2D eigenvalue weighted by molar-refractivity contribution is 5.12. The first-order chi connectivity index (χ1) is 8.41. The molecule has 0 aromatic heterocycles. The van der Waals surface area contributed by atoms with Crippen LogP contribution in [0.15, 0.2) is 72.9 Å². The van der Waals surface area contributed by atoms with Crippen molar-refractivity contribution in [1.82, 2.24) is 0 Å². The average molecular weight is 228 g/mol. The van der Waals surface area contributed by atoms with Gasteiger partial charge in [-0.15, -0.1) is 0 Å². The Labute approximate surface area is 106 Å². The summed E-state index contributed by atoms with van der Waals surface area (Å²) < 4.78 is 0. The summed E-state index contributed by atoms with van der Waals surface area (Å²) in [5, 5.41) is 0. The van der Waals surface area contributed by atoms with Crippen LogP contribution in [0.2, 0.25) is 0 Å². The summed E-state index contributed by atoms with van der Waals surface area (Å²) in [6.45, 7) is 4.16. The van der Waals surface area contributed by atoms with Gasteiger partial charge in [0.1, 0.15) is 0 Å². The zero-order valence-corrected chi connectivity index (χ0v) is 11.0. The van der Waals surface area contributed by atoms with E-state index in [0.717, 1.165) is 19.3 Å². The molecule has 17 heavy (non-hydrogen) atoms. The van der Waals surface area contributed by atoms with Crippen LogP contribution >= 0.6 is 0 Å². The Hall–Kier alpha value is -1.56. The van der Waals surface area contributed by atoms with Gasteiger partial charge in [-0.25, -0.2) is 0 Å². The molecule has 0 heteroatoms. The molecule has 0 unspecified atom stereocenters. The molecule has 0 aliphatic carbocycles. The van der Waals surface area contributed by atoms with E-state index in [1.54, 1.807) is 0 Å². The van der Waals surface area contributed by atoms with Crippen molar-refractivity contribution in [2.24, 2.45) is 0 Å². The lowest BCUT2D eigenvalue weighted by atomic mass is 10.3. The second kappa shape index (κ2) is 14.4. The third kappa shape index (κ3) is 14.4. The Morgan fingerprint density at radius 2 is 1.12 bits per heavy atom. The molecule has 0 aliphatic heterocycles. The van der Waals surface area contributed by atoms with Crippen LogP contribution in [0.3, 0.4) is 0 Å². The number of hydrogen-bond donors (Lipinski definition) is 0. The van der Waals surface area contributed by atoms with E-state index in [4.69, 9.17) is 0 Å². The van der Waals surface area contributed by atoms with Crippen molar-refractivity contribution in [3.63, 3.8) is 0 Å². The van der Waals surface area contributed by atoms with Gasteiger partial charge in [0.2, 0.25) is 0 Å². The summed E-state index contributed by atoms with van der Waals surface area (Å²) in [5.74, 6) is 0. The number of allylic oxidation sites excluding steroid dienone is 12. The molecule has 0 fully saturated rings. The van der Waals surface area contributed by atoms with Gasteiger partial charge < -0.3 is 0 Å². The van der Waals surface area contributed by atoms with Gasteiger partial charge in [0, 0.05) is 0 Å². The lowest BCUT2D eigenvalue weighted by Crippen LogP contribution is -1.60. The topological polar surface area (TPSA) is 0 Å². The van der Waals surface area contributed by atoms with Crippen LogP contribution in [0.5, 0.6) is 0 Å².